The van der Waals surface area contributed by atoms with Gasteiger partial charge in [0.25, 0.3) is 0 Å². The Morgan fingerprint density at radius 2 is 1.07 bits per heavy atom. The second-order valence-electron chi connectivity index (χ2n) is 29.8. The molecular weight excluding hydrogens is 1400 g/mol. The zero-order valence-electron chi connectivity index (χ0n) is 60.7. The van der Waals surface area contributed by atoms with E-state index in [1.807, 2.05) is 84.9 Å². The summed E-state index contributed by atoms with van der Waals surface area (Å²) in [6, 6.07) is 57.7. The zero-order valence-corrected chi connectivity index (χ0v) is 66.5. The molecule has 528 valence electrons. The van der Waals surface area contributed by atoms with Gasteiger partial charge in [0, 0.05) is 5.03 Å². The van der Waals surface area contributed by atoms with E-state index in [1.54, 1.807) is 28.4 Å². The Morgan fingerprint density at radius 3 is 1.51 bits per heavy atom. The van der Waals surface area contributed by atoms with Crippen molar-refractivity contribution in [3.63, 3.8) is 0 Å². The maximum absolute atomic E-state index is 7.94. The number of methoxy groups -OCH3 is 4. The minimum atomic E-state index is -3.10. The Labute approximate surface area is 602 Å². The summed E-state index contributed by atoms with van der Waals surface area (Å²) < 4.78 is 74.1. The molecule has 0 aromatic heterocycles. The fourth-order valence-electron chi connectivity index (χ4n) is 13.2. The van der Waals surface area contributed by atoms with E-state index in [0.29, 0.717) is 24.3 Å². The first-order valence-electron chi connectivity index (χ1n) is 34.5. The van der Waals surface area contributed by atoms with Crippen LogP contribution in [0.15, 0.2) is 200 Å². The number of unbranched alkanes of at least 4 members (excludes halogenated alkanes) is 1. The molecule has 2 saturated heterocycles. The monoisotopic (exact) mass is 1510 g/mol. The Morgan fingerprint density at radius 1 is 0.619 bits per heavy atom. The third-order valence-electron chi connectivity index (χ3n) is 21.1. The summed E-state index contributed by atoms with van der Waals surface area (Å²) in [6.07, 6.45) is 4.32. The first kappa shape index (κ1) is 78.2. The van der Waals surface area contributed by atoms with Crippen molar-refractivity contribution in [2.75, 3.05) is 34.6 Å². The number of hydrogen-bond acceptors (Lipinski definition) is 11. The van der Waals surface area contributed by atoms with E-state index in [1.165, 1.54) is 15.9 Å². The van der Waals surface area contributed by atoms with Gasteiger partial charge >= 0.3 is 352 Å². The molecule has 0 radical (unpaired) electrons. The average Bonchev–Trinajstić information content (AvgIpc) is 0.713. The molecule has 0 aliphatic carbocycles. The van der Waals surface area contributed by atoms with Crippen LogP contribution >= 0.6 is 37.9 Å². The van der Waals surface area contributed by atoms with Crippen LogP contribution in [0, 0.1) is 11.8 Å². The van der Waals surface area contributed by atoms with Crippen LogP contribution in [0.5, 0.6) is 17.2 Å². The van der Waals surface area contributed by atoms with Gasteiger partial charge in [-0.3, -0.25) is 0 Å². The van der Waals surface area contributed by atoms with E-state index in [2.05, 4.69) is 201 Å². The first-order valence-corrected chi connectivity index (χ1v) is 45.9. The maximum atomic E-state index is 7.94. The first-order chi connectivity index (χ1) is 46.0. The van der Waals surface area contributed by atoms with E-state index in [-0.39, 0.29) is 54.1 Å². The molecule has 6 aromatic rings. The van der Waals surface area contributed by atoms with Crippen molar-refractivity contribution in [1.82, 2.24) is 0 Å². The van der Waals surface area contributed by atoms with Gasteiger partial charge in [-0.1, -0.05) is 81.4 Å². The van der Waals surface area contributed by atoms with Gasteiger partial charge in [0.15, 0.2) is 8.32 Å². The molecule has 16 heteroatoms. The Balaban J connectivity index is 1.25. The second kappa shape index (κ2) is 34.0. The molecule has 0 N–H and O–H groups in total. The van der Waals surface area contributed by atoms with E-state index in [0.717, 1.165) is 64.9 Å². The zero-order chi connectivity index (χ0) is 70.4. The van der Waals surface area contributed by atoms with Gasteiger partial charge < -0.3 is 23.4 Å². The quantitative estimate of drug-likeness (QED) is 0.00983. The van der Waals surface area contributed by atoms with E-state index < -0.39 is 63.1 Å². The summed E-state index contributed by atoms with van der Waals surface area (Å²) in [5.41, 5.74) is 3.81. The molecule has 0 spiro atoms. The number of allylic oxidation sites excluding steroid dienone is 2. The summed E-state index contributed by atoms with van der Waals surface area (Å²) >= 11 is 9.39. The summed E-state index contributed by atoms with van der Waals surface area (Å²) in [5, 5.41) is 4.36. The van der Waals surface area contributed by atoms with Gasteiger partial charge in [0.1, 0.15) is 17.2 Å². The topological polar surface area (TPSA) is 102 Å². The molecule has 0 amide bonds. The van der Waals surface area contributed by atoms with E-state index >= 15 is 0 Å². The fourth-order valence-corrected chi connectivity index (χ4v) is 24.8. The number of ether oxygens (including phenoxy) is 9. The normalized spacial score (nSPS) is 23.1. The number of halogens is 2. The predicted octanol–water partition coefficient (Wildman–Crippen LogP) is 19.4. The summed E-state index contributed by atoms with van der Waals surface area (Å²) in [6.45, 7) is 37.0. The van der Waals surface area contributed by atoms with Crippen LogP contribution in [0.1, 0.15) is 111 Å². The minimum Gasteiger partial charge on any atom is -0.497 e. The molecule has 0 bridgehead atoms. The van der Waals surface area contributed by atoms with Crippen LogP contribution < -0.4 is 30.1 Å². The van der Waals surface area contributed by atoms with Crippen molar-refractivity contribution in [2.45, 2.75) is 205 Å². The molecular formula is C81H111ClIO11PSi2. The molecule has 97 heavy (non-hydrogen) atoms. The van der Waals surface area contributed by atoms with Crippen LogP contribution in [0.4, 0.5) is 0 Å². The number of hydrogen-bond donors (Lipinski definition) is 0. The molecule has 2 fully saturated rings. The van der Waals surface area contributed by atoms with Crippen LogP contribution in [-0.4, -0.2) is 106 Å². The summed E-state index contributed by atoms with van der Waals surface area (Å²) in [5.74, 6) is 0.450. The Kier molecular flexibility index (Phi) is 27.4. The predicted molar refractivity (Wildman–Crippen MR) is 415 cm³/mol. The van der Waals surface area contributed by atoms with Gasteiger partial charge in [-0.2, -0.15) is 0 Å². The molecule has 11 nitrogen and oxygen atoms in total. The van der Waals surface area contributed by atoms with Gasteiger partial charge in [-0.25, -0.2) is 0 Å². The molecule has 2 aliphatic heterocycles. The number of benzene rings is 6. The van der Waals surface area contributed by atoms with E-state index in [9.17, 15) is 0 Å². The van der Waals surface area contributed by atoms with Crippen LogP contribution in [0.3, 0.4) is 0 Å². The van der Waals surface area contributed by atoms with Gasteiger partial charge in [-0.15, -0.1) is 0 Å². The van der Waals surface area contributed by atoms with Crippen molar-refractivity contribution in [3.8, 4) is 17.2 Å². The molecule has 8 rings (SSSR count). The van der Waals surface area contributed by atoms with Gasteiger partial charge in [0.05, 0.1) is 40.6 Å². The molecule has 2 heterocycles. The second-order valence-corrected chi connectivity index (χ2v) is 50.5. The van der Waals surface area contributed by atoms with Gasteiger partial charge in [0.2, 0.25) is 0 Å². The van der Waals surface area contributed by atoms with Gasteiger partial charge in [-0.05, 0) is 78.2 Å². The number of rotatable bonds is 33. The average molecular weight is 1510 g/mol. The van der Waals surface area contributed by atoms with Crippen molar-refractivity contribution < 1.29 is 51.5 Å². The third-order valence-corrected chi connectivity index (χ3v) is 42.0. The molecule has 0 unspecified atom stereocenters. The van der Waals surface area contributed by atoms with Crippen LogP contribution in [0.25, 0.3) is 0 Å². The van der Waals surface area contributed by atoms with Crippen molar-refractivity contribution in [3.05, 3.63) is 216 Å². The van der Waals surface area contributed by atoms with Crippen LogP contribution in [0.2, 0.25) is 36.3 Å². The molecule has 0 saturated carbocycles. The summed E-state index contributed by atoms with van der Waals surface area (Å²) in [7, 11) is 2.02. The SMILES string of the molecule is C=C(Cl)/C=C/[C@H](CC(=C)C[C@H]1O[C@@H]([C@H](OCc2ccc(OC)cc2)[C@@]2(OC)C[C@H](O[Si](C)(C)C(C)(C)C)[C@@H](C)[C@@H](CCCCP(I)(c3ccccc3)(c3ccccc3)c3ccccc3)O2)[C@H](C)[C@@H](OCc2ccc(OC)cc2)[C@@H]1OCc1ccc(OC)cc1)O[Si](C)(C)C(C)(C)C. The smallest absolute Gasteiger partial charge is 0.497 e. The minimum absolute atomic E-state index is 0.0181. The Hall–Kier alpha value is -4.50. The molecule has 2 aliphatic rings. The Bertz CT molecular complexity index is 3360. The summed E-state index contributed by atoms with van der Waals surface area (Å²) in [4.78, 5) is 0. The van der Waals surface area contributed by atoms with Crippen molar-refractivity contribution in [1.29, 1.82) is 0 Å². The molecule has 11 atom stereocenters. The fraction of sp³-hybridized carbons (Fsp3) is 0.481. The molecule has 6 aromatic carbocycles. The van der Waals surface area contributed by atoms with Crippen molar-refractivity contribution in [2.24, 2.45) is 11.8 Å². The standard InChI is InChI=1S/C81H111ClIO11PSi2/c1-58(52-68(44-37-59(2)82)93-96(15,16)79(5,6)7)53-73-77(89-56-63-40-47-66(85-12)48-41-63)75(88-55-62-38-45-65(84-11)46-39-62)61(4)76(91-73)78(90-57-64-42-49-67(86-13)50-43-64)81(87-14)54-74(94-97(17,18)80(8,9)10)60(3)72(92-81)36-28-29-51-95(83,69-30-22-19-23-31-69,70-32-24-20-25-33-70)71-34-26-21-27-35-71/h19-27,30-35,37-50,60-61,68,72-78H,1-2,28-29,36,51-57H2,3-18H3/b44-37+/t60-,61+,68+,72+,73+,74-,75+,76+,77+,78-,81+/m0/s1. The van der Waals surface area contributed by atoms with Crippen molar-refractivity contribution >= 4 is 70.4 Å². The van der Waals surface area contributed by atoms with E-state index in [4.69, 9.17) is 69.7 Å². The third kappa shape index (κ3) is 19.2. The van der Waals surface area contributed by atoms with Crippen LogP contribution in [-0.2, 0) is 57.1 Å².